The number of carboxylic acids is 1. The monoisotopic (exact) mass is 309 g/mol. The van der Waals surface area contributed by atoms with Crippen molar-refractivity contribution in [3.05, 3.63) is 17.5 Å². The predicted octanol–water partition coefficient (Wildman–Crippen LogP) is 0.454. The second-order valence-corrected chi connectivity index (χ2v) is 6.21. The van der Waals surface area contributed by atoms with Gasteiger partial charge in [-0.1, -0.05) is 12.1 Å². The van der Waals surface area contributed by atoms with Crippen LogP contribution in [-0.2, 0) is 22.5 Å². The van der Waals surface area contributed by atoms with Gasteiger partial charge in [0.25, 0.3) is 0 Å². The second kappa shape index (κ2) is 6.76. The fraction of sp³-hybridized carbons (Fsp3) is 0.733. The molecule has 122 valence electrons. The van der Waals surface area contributed by atoms with Crippen molar-refractivity contribution < 1.29 is 19.2 Å². The van der Waals surface area contributed by atoms with Crippen molar-refractivity contribution in [2.45, 2.75) is 25.9 Å². The minimum absolute atomic E-state index is 0.0840. The number of ether oxygens (including phenoxy) is 1. The molecule has 0 saturated carbocycles. The largest absolute Gasteiger partial charge is 0.480 e. The molecule has 1 aromatic heterocycles. The summed E-state index contributed by atoms with van der Waals surface area (Å²) in [5.74, 6) is 0.435. The molecule has 0 spiro atoms. The average molecular weight is 309 g/mol. The molecule has 2 aliphatic heterocycles. The van der Waals surface area contributed by atoms with Gasteiger partial charge in [0.2, 0.25) is 0 Å². The van der Waals surface area contributed by atoms with E-state index in [1.807, 2.05) is 11.0 Å². The summed E-state index contributed by atoms with van der Waals surface area (Å²) >= 11 is 0. The molecule has 0 aromatic carbocycles. The summed E-state index contributed by atoms with van der Waals surface area (Å²) < 4.78 is 11.1. The maximum absolute atomic E-state index is 11.1. The molecule has 2 saturated heterocycles. The molecule has 7 heteroatoms. The molecule has 0 aliphatic carbocycles. The summed E-state index contributed by atoms with van der Waals surface area (Å²) in [5.41, 5.74) is 0.973. The van der Waals surface area contributed by atoms with Crippen LogP contribution in [-0.4, -0.2) is 71.5 Å². The van der Waals surface area contributed by atoms with Gasteiger partial charge in [0, 0.05) is 37.7 Å². The fourth-order valence-corrected chi connectivity index (χ4v) is 3.34. The zero-order valence-electron chi connectivity index (χ0n) is 12.9. The number of aliphatic carboxylic acids is 1. The first-order valence-electron chi connectivity index (χ1n) is 7.84. The number of nitrogens with zero attached hydrogens (tertiary/aromatic N) is 3. The zero-order valence-corrected chi connectivity index (χ0v) is 12.9. The summed E-state index contributed by atoms with van der Waals surface area (Å²) in [4.78, 5) is 15.4. The highest BCUT2D eigenvalue weighted by molar-refractivity contribution is 5.69. The lowest BCUT2D eigenvalue weighted by Crippen LogP contribution is -2.45. The van der Waals surface area contributed by atoms with E-state index in [1.54, 1.807) is 0 Å². The summed E-state index contributed by atoms with van der Waals surface area (Å²) in [5, 5.41) is 13.1. The van der Waals surface area contributed by atoms with E-state index in [9.17, 15) is 4.79 Å². The van der Waals surface area contributed by atoms with Gasteiger partial charge >= 0.3 is 5.97 Å². The Morgan fingerprint density at radius 2 is 2.27 bits per heavy atom. The molecule has 2 bridgehead atoms. The van der Waals surface area contributed by atoms with Crippen LogP contribution in [0, 0.1) is 5.92 Å². The van der Waals surface area contributed by atoms with Crippen molar-refractivity contribution >= 4 is 5.97 Å². The molecule has 0 amide bonds. The van der Waals surface area contributed by atoms with Gasteiger partial charge in [0.05, 0.1) is 32.0 Å². The van der Waals surface area contributed by atoms with E-state index in [2.05, 4.69) is 17.0 Å². The zero-order chi connectivity index (χ0) is 15.5. The quantitative estimate of drug-likeness (QED) is 0.846. The molecule has 1 aromatic rings. The Morgan fingerprint density at radius 1 is 1.41 bits per heavy atom. The van der Waals surface area contributed by atoms with Gasteiger partial charge in [0.15, 0.2) is 5.76 Å². The molecule has 2 atom stereocenters. The van der Waals surface area contributed by atoms with Gasteiger partial charge < -0.3 is 14.4 Å². The average Bonchev–Trinajstić information content (AvgIpc) is 2.74. The van der Waals surface area contributed by atoms with Crippen LogP contribution in [0.3, 0.4) is 0 Å². The lowest BCUT2D eigenvalue weighted by atomic mass is 10.1. The van der Waals surface area contributed by atoms with Gasteiger partial charge in [-0.25, -0.2) is 0 Å². The maximum Gasteiger partial charge on any atom is 0.317 e. The van der Waals surface area contributed by atoms with Crippen LogP contribution in [0.4, 0.5) is 0 Å². The molecule has 22 heavy (non-hydrogen) atoms. The van der Waals surface area contributed by atoms with Crippen LogP contribution >= 0.6 is 0 Å². The Labute approximate surface area is 129 Å². The third-order valence-electron chi connectivity index (χ3n) is 4.35. The first-order chi connectivity index (χ1) is 10.6. The molecule has 0 unspecified atom stereocenters. The van der Waals surface area contributed by atoms with Crippen molar-refractivity contribution in [1.82, 2.24) is 15.0 Å². The summed E-state index contributed by atoms with van der Waals surface area (Å²) in [6.07, 6.45) is 0.870. The highest BCUT2D eigenvalue weighted by Crippen LogP contribution is 2.21. The smallest absolute Gasteiger partial charge is 0.317 e. The van der Waals surface area contributed by atoms with Gasteiger partial charge in [-0.15, -0.1) is 0 Å². The summed E-state index contributed by atoms with van der Waals surface area (Å²) in [6, 6.07) is 2.13. The molecule has 0 radical (unpaired) electrons. The minimum atomic E-state index is -0.776. The lowest BCUT2D eigenvalue weighted by Gasteiger charge is -2.29. The van der Waals surface area contributed by atoms with Crippen LogP contribution < -0.4 is 0 Å². The van der Waals surface area contributed by atoms with Crippen LogP contribution in [0.15, 0.2) is 10.6 Å². The SMILES string of the molecule is CCc1cc(CN2C[C@@H]3COC[C@H](C2)N(CC(=O)O)C3)on1. The Bertz CT molecular complexity index is 519. The first kappa shape index (κ1) is 15.5. The fourth-order valence-electron chi connectivity index (χ4n) is 3.34. The van der Waals surface area contributed by atoms with E-state index in [0.29, 0.717) is 19.1 Å². The topological polar surface area (TPSA) is 79.0 Å². The minimum Gasteiger partial charge on any atom is -0.480 e. The standard InChI is InChI=1S/C15H23N3O4/c1-2-12-3-14(22-16-12)7-17-4-11-5-18(8-15(19)20)13(6-17)10-21-9-11/h3,11,13H,2,4-10H2,1H3,(H,19,20)/t11-,13-/m0/s1. The third-order valence-corrected chi connectivity index (χ3v) is 4.35. The third kappa shape index (κ3) is 3.66. The Kier molecular flexibility index (Phi) is 4.75. The van der Waals surface area contributed by atoms with Crippen molar-refractivity contribution in [2.75, 3.05) is 39.4 Å². The van der Waals surface area contributed by atoms with E-state index in [1.165, 1.54) is 0 Å². The number of rotatable bonds is 5. The molecular weight excluding hydrogens is 286 g/mol. The molecule has 7 nitrogen and oxygen atoms in total. The van der Waals surface area contributed by atoms with Crippen LogP contribution in [0.1, 0.15) is 18.4 Å². The van der Waals surface area contributed by atoms with E-state index in [-0.39, 0.29) is 12.6 Å². The molecule has 3 heterocycles. The number of hydrogen-bond donors (Lipinski definition) is 1. The van der Waals surface area contributed by atoms with Crippen molar-refractivity contribution in [3.8, 4) is 0 Å². The number of aryl methyl sites for hydroxylation is 1. The van der Waals surface area contributed by atoms with Crippen LogP contribution in [0.2, 0.25) is 0 Å². The molecule has 2 aliphatic rings. The molecule has 3 rings (SSSR count). The van der Waals surface area contributed by atoms with E-state index < -0.39 is 5.97 Å². The normalized spacial score (nSPS) is 26.8. The lowest BCUT2D eigenvalue weighted by molar-refractivity contribution is -0.139. The number of carboxylic acid groups (broad SMARTS) is 1. The number of carbonyl (C=O) groups is 1. The molecule has 1 N–H and O–H groups in total. The van der Waals surface area contributed by atoms with Crippen molar-refractivity contribution in [3.63, 3.8) is 0 Å². The number of aromatic nitrogens is 1. The Hall–Kier alpha value is -1.44. The van der Waals surface area contributed by atoms with E-state index in [0.717, 1.165) is 44.1 Å². The Morgan fingerprint density at radius 3 is 3.00 bits per heavy atom. The van der Waals surface area contributed by atoms with E-state index >= 15 is 0 Å². The van der Waals surface area contributed by atoms with Crippen molar-refractivity contribution in [1.29, 1.82) is 0 Å². The van der Waals surface area contributed by atoms with Crippen molar-refractivity contribution in [2.24, 2.45) is 5.92 Å². The summed E-state index contributed by atoms with van der Waals surface area (Å²) in [7, 11) is 0. The number of fused-ring (bicyclic) bond motifs is 3. The number of hydrogen-bond acceptors (Lipinski definition) is 6. The first-order valence-corrected chi connectivity index (χ1v) is 7.84. The second-order valence-electron chi connectivity index (χ2n) is 6.21. The van der Waals surface area contributed by atoms with Gasteiger partial charge in [-0.3, -0.25) is 14.6 Å². The van der Waals surface area contributed by atoms with Gasteiger partial charge in [-0.05, 0) is 6.42 Å². The molecule has 2 fully saturated rings. The van der Waals surface area contributed by atoms with Crippen LogP contribution in [0.25, 0.3) is 0 Å². The molecular formula is C15H23N3O4. The Balaban J connectivity index is 1.68. The highest BCUT2D eigenvalue weighted by atomic mass is 16.5. The predicted molar refractivity (Wildman–Crippen MR) is 78.5 cm³/mol. The van der Waals surface area contributed by atoms with Gasteiger partial charge in [0.1, 0.15) is 0 Å². The maximum atomic E-state index is 11.1. The summed E-state index contributed by atoms with van der Waals surface area (Å²) in [6.45, 7) is 6.63. The highest BCUT2D eigenvalue weighted by Gasteiger charge is 2.34. The van der Waals surface area contributed by atoms with E-state index in [4.69, 9.17) is 14.4 Å². The van der Waals surface area contributed by atoms with Crippen LogP contribution in [0.5, 0.6) is 0 Å². The van der Waals surface area contributed by atoms with Gasteiger partial charge in [-0.2, -0.15) is 0 Å².